The fourth-order valence-electron chi connectivity index (χ4n) is 0.866. The summed E-state index contributed by atoms with van der Waals surface area (Å²) in [7, 11) is 0. The summed E-state index contributed by atoms with van der Waals surface area (Å²) in [5, 5.41) is 8.18. The van der Waals surface area contributed by atoms with Gasteiger partial charge in [-0.15, -0.1) is 0 Å². The van der Waals surface area contributed by atoms with E-state index in [-0.39, 0.29) is 12.3 Å². The number of carbonyl (C=O) groups excluding carboxylic acids is 1. The van der Waals surface area contributed by atoms with E-state index in [1.54, 1.807) is 25.1 Å². The van der Waals surface area contributed by atoms with Crippen LogP contribution in [-0.2, 0) is 4.74 Å². The van der Waals surface area contributed by atoms with E-state index in [4.69, 9.17) is 5.26 Å². The normalized spacial score (nSPS) is 8.92. The number of aryl methyl sites for hydroxylation is 1. The molecule has 1 aromatic rings. The monoisotopic (exact) mass is 176 g/mol. The maximum absolute atomic E-state index is 11.2. The van der Waals surface area contributed by atoms with Gasteiger partial charge in [-0.3, -0.25) is 0 Å². The predicted molar refractivity (Wildman–Crippen MR) is 44.9 cm³/mol. The summed E-state index contributed by atoms with van der Waals surface area (Å²) in [4.78, 5) is 15.0. The molecule has 0 aliphatic rings. The summed E-state index contributed by atoms with van der Waals surface area (Å²) in [6, 6.07) is 5.21. The van der Waals surface area contributed by atoms with Gasteiger partial charge in [0, 0.05) is 6.20 Å². The van der Waals surface area contributed by atoms with Crippen molar-refractivity contribution in [3.8, 4) is 6.07 Å². The van der Waals surface area contributed by atoms with Crippen molar-refractivity contribution in [2.24, 2.45) is 0 Å². The Morgan fingerprint density at radius 2 is 2.54 bits per heavy atom. The molecule has 0 aromatic carbocycles. The zero-order chi connectivity index (χ0) is 9.68. The van der Waals surface area contributed by atoms with Gasteiger partial charge in [0.15, 0.2) is 12.3 Å². The van der Waals surface area contributed by atoms with Gasteiger partial charge in [0.25, 0.3) is 0 Å². The second kappa shape index (κ2) is 4.21. The SMILES string of the molecule is Cc1cccnc1C(=O)OCC#N. The summed E-state index contributed by atoms with van der Waals surface area (Å²) in [6.07, 6.45) is 1.51. The zero-order valence-corrected chi connectivity index (χ0v) is 7.15. The van der Waals surface area contributed by atoms with Crippen LogP contribution in [0.1, 0.15) is 16.1 Å². The van der Waals surface area contributed by atoms with Crippen molar-refractivity contribution >= 4 is 5.97 Å². The second-order valence-electron chi connectivity index (χ2n) is 2.40. The van der Waals surface area contributed by atoms with E-state index in [9.17, 15) is 4.79 Å². The van der Waals surface area contributed by atoms with Crippen LogP contribution in [-0.4, -0.2) is 17.6 Å². The van der Waals surface area contributed by atoms with Crippen LogP contribution in [0, 0.1) is 18.3 Å². The summed E-state index contributed by atoms with van der Waals surface area (Å²) >= 11 is 0. The summed E-state index contributed by atoms with van der Waals surface area (Å²) in [5.74, 6) is -0.556. The van der Waals surface area contributed by atoms with Crippen molar-refractivity contribution in [1.82, 2.24) is 4.98 Å². The lowest BCUT2D eigenvalue weighted by atomic mass is 10.2. The smallest absolute Gasteiger partial charge is 0.358 e. The van der Waals surface area contributed by atoms with Crippen LogP contribution in [0.2, 0.25) is 0 Å². The summed E-state index contributed by atoms with van der Waals surface area (Å²) < 4.78 is 4.60. The molecule has 1 heterocycles. The first-order valence-corrected chi connectivity index (χ1v) is 3.71. The van der Waals surface area contributed by atoms with Gasteiger partial charge in [0.05, 0.1) is 0 Å². The van der Waals surface area contributed by atoms with Gasteiger partial charge in [-0.2, -0.15) is 5.26 Å². The summed E-state index contributed by atoms with van der Waals surface area (Å²) in [6.45, 7) is 1.52. The van der Waals surface area contributed by atoms with E-state index in [2.05, 4.69) is 9.72 Å². The fourth-order valence-corrected chi connectivity index (χ4v) is 0.866. The standard InChI is InChI=1S/C9H8N2O2/c1-7-3-2-5-11-8(7)9(12)13-6-4-10/h2-3,5H,6H2,1H3. The van der Waals surface area contributed by atoms with Crippen molar-refractivity contribution in [2.45, 2.75) is 6.92 Å². The number of rotatable bonds is 2. The van der Waals surface area contributed by atoms with E-state index in [1.807, 2.05) is 0 Å². The number of ether oxygens (including phenoxy) is 1. The van der Waals surface area contributed by atoms with Crippen LogP contribution in [0.3, 0.4) is 0 Å². The minimum absolute atomic E-state index is 0.241. The van der Waals surface area contributed by atoms with Gasteiger partial charge < -0.3 is 4.74 Å². The molecule has 0 saturated carbocycles. The molecular weight excluding hydrogens is 168 g/mol. The second-order valence-corrected chi connectivity index (χ2v) is 2.40. The first-order chi connectivity index (χ1) is 6.25. The average molecular weight is 176 g/mol. The third-order valence-corrected chi connectivity index (χ3v) is 1.47. The molecule has 4 heteroatoms. The van der Waals surface area contributed by atoms with Gasteiger partial charge in [-0.1, -0.05) is 6.07 Å². The highest BCUT2D eigenvalue weighted by Gasteiger charge is 2.10. The maximum atomic E-state index is 11.2. The van der Waals surface area contributed by atoms with E-state index >= 15 is 0 Å². The van der Waals surface area contributed by atoms with Gasteiger partial charge in [-0.05, 0) is 18.6 Å². The first kappa shape index (κ1) is 9.20. The molecule has 0 amide bonds. The van der Waals surface area contributed by atoms with Gasteiger partial charge in [-0.25, -0.2) is 9.78 Å². The Morgan fingerprint density at radius 3 is 3.15 bits per heavy atom. The molecule has 0 aliphatic heterocycles. The van der Waals surface area contributed by atoms with Gasteiger partial charge in [0.1, 0.15) is 6.07 Å². The lowest BCUT2D eigenvalue weighted by Crippen LogP contribution is -2.09. The highest BCUT2D eigenvalue weighted by Crippen LogP contribution is 2.04. The van der Waals surface area contributed by atoms with Crippen molar-refractivity contribution in [2.75, 3.05) is 6.61 Å². The van der Waals surface area contributed by atoms with E-state index in [1.165, 1.54) is 6.20 Å². The lowest BCUT2D eigenvalue weighted by molar-refractivity contribution is 0.0547. The molecule has 13 heavy (non-hydrogen) atoms. The quantitative estimate of drug-likeness (QED) is 0.632. The number of pyridine rings is 1. The molecule has 0 N–H and O–H groups in total. The number of hydrogen-bond donors (Lipinski definition) is 0. The number of aromatic nitrogens is 1. The number of carbonyl (C=O) groups is 1. The highest BCUT2D eigenvalue weighted by molar-refractivity contribution is 5.88. The van der Waals surface area contributed by atoms with Crippen molar-refractivity contribution in [3.05, 3.63) is 29.6 Å². The topological polar surface area (TPSA) is 63.0 Å². The number of hydrogen-bond acceptors (Lipinski definition) is 4. The van der Waals surface area contributed by atoms with Gasteiger partial charge >= 0.3 is 5.97 Å². The molecule has 0 spiro atoms. The molecule has 0 saturated heterocycles. The third kappa shape index (κ3) is 2.27. The van der Waals surface area contributed by atoms with Crippen molar-refractivity contribution in [3.63, 3.8) is 0 Å². The van der Waals surface area contributed by atoms with E-state index in [0.29, 0.717) is 0 Å². The molecule has 0 fully saturated rings. The Balaban J connectivity index is 2.78. The van der Waals surface area contributed by atoms with Gasteiger partial charge in [0.2, 0.25) is 0 Å². The Morgan fingerprint density at radius 1 is 1.77 bits per heavy atom. The third-order valence-electron chi connectivity index (χ3n) is 1.47. The van der Waals surface area contributed by atoms with E-state index < -0.39 is 5.97 Å². The predicted octanol–water partition coefficient (Wildman–Crippen LogP) is 1.07. The fraction of sp³-hybridized carbons (Fsp3) is 0.222. The van der Waals surface area contributed by atoms with Crippen molar-refractivity contribution < 1.29 is 9.53 Å². The van der Waals surface area contributed by atoms with Crippen molar-refractivity contribution in [1.29, 1.82) is 5.26 Å². The minimum atomic E-state index is -0.556. The Labute approximate surface area is 75.8 Å². The Hall–Kier alpha value is -1.89. The molecule has 0 bridgehead atoms. The molecule has 0 radical (unpaired) electrons. The van der Waals surface area contributed by atoms with Crippen LogP contribution < -0.4 is 0 Å². The molecule has 1 rings (SSSR count). The zero-order valence-electron chi connectivity index (χ0n) is 7.15. The minimum Gasteiger partial charge on any atom is -0.446 e. The van der Waals surface area contributed by atoms with Crippen LogP contribution in [0.25, 0.3) is 0 Å². The molecular formula is C9H8N2O2. The molecule has 0 aliphatic carbocycles. The first-order valence-electron chi connectivity index (χ1n) is 3.71. The Bertz CT molecular complexity index is 355. The highest BCUT2D eigenvalue weighted by atomic mass is 16.5. The van der Waals surface area contributed by atoms with E-state index in [0.717, 1.165) is 5.56 Å². The van der Waals surface area contributed by atoms with Crippen LogP contribution in [0.5, 0.6) is 0 Å². The van der Waals surface area contributed by atoms with Crippen LogP contribution >= 0.6 is 0 Å². The number of esters is 1. The Kier molecular flexibility index (Phi) is 2.98. The van der Waals surface area contributed by atoms with Crippen LogP contribution in [0.15, 0.2) is 18.3 Å². The molecule has 0 unspecified atom stereocenters. The largest absolute Gasteiger partial charge is 0.446 e. The average Bonchev–Trinajstić information content (AvgIpc) is 2.15. The maximum Gasteiger partial charge on any atom is 0.358 e. The lowest BCUT2D eigenvalue weighted by Gasteiger charge is -2.01. The molecule has 1 aromatic heterocycles. The molecule has 66 valence electrons. The summed E-state index contributed by atoms with van der Waals surface area (Å²) in [5.41, 5.74) is 1.00. The molecule has 0 atom stereocenters. The number of nitrogens with zero attached hydrogens (tertiary/aromatic N) is 2. The number of nitriles is 1. The van der Waals surface area contributed by atoms with Crippen LogP contribution in [0.4, 0.5) is 0 Å². The molecule has 4 nitrogen and oxygen atoms in total.